The van der Waals surface area contributed by atoms with Crippen LogP contribution in [-0.4, -0.2) is 4.98 Å². The van der Waals surface area contributed by atoms with E-state index >= 15 is 0 Å². The van der Waals surface area contributed by atoms with Crippen molar-refractivity contribution in [2.24, 2.45) is 0 Å². The topological polar surface area (TPSA) is 50.9 Å². The first-order valence-corrected chi connectivity index (χ1v) is 5.29. The normalized spacial score (nSPS) is 10.1. The second-order valence-electron chi connectivity index (χ2n) is 3.50. The van der Waals surface area contributed by atoms with Gasteiger partial charge < -0.3 is 11.1 Å². The van der Waals surface area contributed by atoms with E-state index in [4.69, 9.17) is 17.3 Å². The maximum absolute atomic E-state index is 6.04. The van der Waals surface area contributed by atoms with E-state index < -0.39 is 0 Å². The quantitative estimate of drug-likeness (QED) is 0.836. The molecule has 1 heterocycles. The lowest BCUT2D eigenvalue weighted by Crippen LogP contribution is -2.00. The minimum Gasteiger partial charge on any atom is -0.396 e. The number of nitrogen functional groups attached to an aromatic ring is 1. The summed E-state index contributed by atoms with van der Waals surface area (Å²) in [6.07, 6.45) is 0. The van der Waals surface area contributed by atoms with Crippen molar-refractivity contribution in [2.45, 2.75) is 6.92 Å². The van der Waals surface area contributed by atoms with Crippen molar-refractivity contribution in [1.29, 1.82) is 0 Å². The van der Waals surface area contributed by atoms with Crippen molar-refractivity contribution < 1.29 is 0 Å². The van der Waals surface area contributed by atoms with E-state index in [0.29, 0.717) is 16.5 Å². The number of hydrogen-bond donors (Lipinski definition) is 2. The molecule has 0 bridgehead atoms. The zero-order chi connectivity index (χ0) is 11.5. The summed E-state index contributed by atoms with van der Waals surface area (Å²) in [6, 6.07) is 11.2. The fourth-order valence-corrected chi connectivity index (χ4v) is 1.54. The van der Waals surface area contributed by atoms with Crippen molar-refractivity contribution in [3.8, 4) is 0 Å². The predicted molar refractivity (Wildman–Crippen MR) is 68.1 cm³/mol. The first-order valence-electron chi connectivity index (χ1n) is 4.91. The van der Waals surface area contributed by atoms with Gasteiger partial charge in [0, 0.05) is 5.69 Å². The number of nitrogens with two attached hydrogens (primary N) is 1. The molecule has 0 aliphatic carbocycles. The summed E-state index contributed by atoms with van der Waals surface area (Å²) in [7, 11) is 0. The maximum atomic E-state index is 6.04. The van der Waals surface area contributed by atoms with Gasteiger partial charge in [0.15, 0.2) is 5.82 Å². The summed E-state index contributed by atoms with van der Waals surface area (Å²) >= 11 is 6.04. The van der Waals surface area contributed by atoms with E-state index in [-0.39, 0.29) is 0 Å². The molecule has 3 N–H and O–H groups in total. The van der Waals surface area contributed by atoms with Crippen LogP contribution in [0.15, 0.2) is 36.4 Å². The lowest BCUT2D eigenvalue weighted by Gasteiger charge is -2.10. The van der Waals surface area contributed by atoms with Crippen LogP contribution in [0.25, 0.3) is 0 Å². The van der Waals surface area contributed by atoms with Gasteiger partial charge in [-0.25, -0.2) is 4.98 Å². The minimum atomic E-state index is 0.602. The van der Waals surface area contributed by atoms with Crippen molar-refractivity contribution in [3.05, 3.63) is 47.1 Å². The molecule has 0 fully saturated rings. The van der Waals surface area contributed by atoms with Gasteiger partial charge in [0.1, 0.15) is 0 Å². The Hall–Kier alpha value is -1.74. The molecule has 0 saturated carbocycles. The Morgan fingerprint density at radius 3 is 2.69 bits per heavy atom. The Bertz CT molecular complexity index is 511. The third-order valence-corrected chi connectivity index (χ3v) is 2.52. The predicted octanol–water partition coefficient (Wildman–Crippen LogP) is 3.37. The number of hydrogen-bond acceptors (Lipinski definition) is 3. The van der Waals surface area contributed by atoms with Gasteiger partial charge in [-0.3, -0.25) is 0 Å². The van der Waals surface area contributed by atoms with E-state index in [1.807, 2.05) is 43.3 Å². The lowest BCUT2D eigenvalue weighted by molar-refractivity contribution is 1.20. The number of pyridine rings is 1. The summed E-state index contributed by atoms with van der Waals surface area (Å²) in [4.78, 5) is 4.31. The van der Waals surface area contributed by atoms with Gasteiger partial charge in [-0.2, -0.15) is 0 Å². The Kier molecular flexibility index (Phi) is 2.97. The molecule has 0 aliphatic rings. The molecule has 0 saturated heterocycles. The van der Waals surface area contributed by atoms with Crippen molar-refractivity contribution in [2.75, 3.05) is 11.1 Å². The van der Waals surface area contributed by atoms with Crippen LogP contribution in [0.1, 0.15) is 5.69 Å². The highest BCUT2D eigenvalue weighted by Gasteiger charge is 2.04. The highest BCUT2D eigenvalue weighted by Crippen LogP contribution is 2.26. The smallest absolute Gasteiger partial charge is 0.153 e. The number of rotatable bonds is 2. The van der Waals surface area contributed by atoms with Crippen LogP contribution >= 0.6 is 11.6 Å². The highest BCUT2D eigenvalue weighted by atomic mass is 35.5. The average Bonchev–Trinajstić information content (AvgIpc) is 2.27. The van der Waals surface area contributed by atoms with Crippen LogP contribution in [0.3, 0.4) is 0 Å². The summed E-state index contributed by atoms with van der Waals surface area (Å²) in [5.74, 6) is 0.633. The highest BCUT2D eigenvalue weighted by molar-refractivity contribution is 6.33. The summed E-state index contributed by atoms with van der Waals surface area (Å²) in [5, 5.41) is 3.76. The molecule has 0 spiro atoms. The van der Waals surface area contributed by atoms with Gasteiger partial charge in [0.05, 0.1) is 16.4 Å². The van der Waals surface area contributed by atoms with Crippen LogP contribution in [-0.2, 0) is 0 Å². The molecule has 3 nitrogen and oxygen atoms in total. The molecule has 2 aromatic rings. The first kappa shape index (κ1) is 10.8. The van der Waals surface area contributed by atoms with Crippen molar-refractivity contribution in [1.82, 2.24) is 4.98 Å². The van der Waals surface area contributed by atoms with Crippen molar-refractivity contribution in [3.63, 3.8) is 0 Å². The standard InChI is InChI=1S/C12H12ClN3/c1-8-6-7-10(14)12(15-8)16-11-5-3-2-4-9(11)13/h2-7H,14H2,1H3,(H,15,16). The fourth-order valence-electron chi connectivity index (χ4n) is 1.36. The molecule has 4 heteroatoms. The third-order valence-electron chi connectivity index (χ3n) is 2.19. The number of anilines is 3. The number of aryl methyl sites for hydroxylation is 1. The van der Waals surface area contributed by atoms with E-state index in [1.165, 1.54) is 0 Å². The molecular weight excluding hydrogens is 222 g/mol. The Morgan fingerprint density at radius 1 is 1.19 bits per heavy atom. The number of aromatic nitrogens is 1. The Labute approximate surface area is 99.3 Å². The zero-order valence-corrected chi connectivity index (χ0v) is 9.62. The second-order valence-corrected chi connectivity index (χ2v) is 3.90. The number of para-hydroxylation sites is 1. The number of halogens is 1. The molecule has 1 aromatic heterocycles. The summed E-state index contributed by atoms with van der Waals surface area (Å²) in [6.45, 7) is 1.91. The van der Waals surface area contributed by atoms with Crippen LogP contribution < -0.4 is 11.1 Å². The summed E-state index contributed by atoms with van der Waals surface area (Å²) < 4.78 is 0. The van der Waals surface area contributed by atoms with Gasteiger partial charge in [-0.05, 0) is 31.2 Å². The molecule has 16 heavy (non-hydrogen) atoms. The molecule has 0 unspecified atom stereocenters. The van der Waals surface area contributed by atoms with E-state index in [1.54, 1.807) is 0 Å². The molecule has 0 amide bonds. The Morgan fingerprint density at radius 2 is 1.94 bits per heavy atom. The van der Waals surface area contributed by atoms with Gasteiger partial charge in [0.2, 0.25) is 0 Å². The zero-order valence-electron chi connectivity index (χ0n) is 8.87. The van der Waals surface area contributed by atoms with Crippen LogP contribution in [0.5, 0.6) is 0 Å². The van der Waals surface area contributed by atoms with E-state index in [9.17, 15) is 0 Å². The monoisotopic (exact) mass is 233 g/mol. The van der Waals surface area contributed by atoms with E-state index in [0.717, 1.165) is 11.4 Å². The maximum Gasteiger partial charge on any atom is 0.153 e. The fraction of sp³-hybridized carbons (Fsp3) is 0.0833. The average molecular weight is 234 g/mol. The molecule has 0 radical (unpaired) electrons. The molecule has 0 atom stereocenters. The van der Waals surface area contributed by atoms with E-state index in [2.05, 4.69) is 10.3 Å². The van der Waals surface area contributed by atoms with Gasteiger partial charge in [0.25, 0.3) is 0 Å². The molecule has 0 aliphatic heterocycles. The molecular formula is C12H12ClN3. The SMILES string of the molecule is Cc1ccc(N)c(Nc2ccccc2Cl)n1. The number of nitrogens with one attached hydrogen (secondary N) is 1. The van der Waals surface area contributed by atoms with Gasteiger partial charge in [-0.15, -0.1) is 0 Å². The van der Waals surface area contributed by atoms with Gasteiger partial charge >= 0.3 is 0 Å². The number of nitrogens with zero attached hydrogens (tertiary/aromatic N) is 1. The largest absolute Gasteiger partial charge is 0.396 e. The summed E-state index contributed by atoms with van der Waals surface area (Å²) in [5.41, 5.74) is 8.13. The molecule has 2 rings (SSSR count). The lowest BCUT2D eigenvalue weighted by atomic mass is 10.3. The van der Waals surface area contributed by atoms with Crippen molar-refractivity contribution >= 4 is 28.8 Å². The van der Waals surface area contributed by atoms with Crippen LogP contribution in [0.2, 0.25) is 5.02 Å². The first-order chi connectivity index (χ1) is 7.66. The number of benzene rings is 1. The molecule has 82 valence electrons. The van der Waals surface area contributed by atoms with Crippen LogP contribution in [0, 0.1) is 6.92 Å². The third kappa shape index (κ3) is 2.25. The van der Waals surface area contributed by atoms with Gasteiger partial charge in [-0.1, -0.05) is 23.7 Å². The minimum absolute atomic E-state index is 0.602. The Balaban J connectivity index is 2.34. The van der Waals surface area contributed by atoms with Crippen LogP contribution in [0.4, 0.5) is 17.2 Å². The second kappa shape index (κ2) is 4.41. The molecule has 1 aromatic carbocycles.